The van der Waals surface area contributed by atoms with Gasteiger partial charge in [-0.25, -0.2) is 8.78 Å². The molecule has 3 nitrogen and oxygen atoms in total. The lowest BCUT2D eigenvalue weighted by atomic mass is 10.4. The topological polar surface area (TPSA) is 34.2 Å². The van der Waals surface area contributed by atoms with E-state index in [1.165, 1.54) is 0 Å². The normalized spacial score (nSPS) is 13.3. The van der Waals surface area contributed by atoms with Crippen LogP contribution in [0, 0.1) is 11.6 Å². The molecule has 0 spiro atoms. The van der Waals surface area contributed by atoms with E-state index < -0.39 is 29.8 Å². The Balaban J connectivity index is 2.98. The molecule has 0 aliphatic heterocycles. The van der Waals surface area contributed by atoms with Gasteiger partial charge in [-0.3, -0.25) is 0 Å². The highest BCUT2D eigenvalue weighted by Crippen LogP contribution is 2.27. The van der Waals surface area contributed by atoms with Gasteiger partial charge in [-0.1, -0.05) is 0 Å². The first-order valence-corrected chi connectivity index (χ1v) is 5.09. The second kappa shape index (κ2) is 5.36. The maximum absolute atomic E-state index is 13.2. The van der Waals surface area contributed by atoms with E-state index in [0.717, 1.165) is 0 Å². The molecule has 0 saturated carbocycles. The molecule has 0 amide bonds. The Kier molecular flexibility index (Phi) is 4.31. The van der Waals surface area contributed by atoms with E-state index in [1.807, 2.05) is 0 Å². The Morgan fingerprint density at radius 1 is 1.33 bits per heavy atom. The standard InChI is InChI=1S/C10H11F5N2O/c1-3-16-8-6(11)4-7(12)9(17-8)18-5(2)10(13,14)15/h4-5H,3H2,1-2H3,(H,16,17). The van der Waals surface area contributed by atoms with E-state index in [2.05, 4.69) is 15.0 Å². The SMILES string of the molecule is CCNc1nc(OC(C)C(F)(F)F)c(F)cc1F. The van der Waals surface area contributed by atoms with Crippen molar-refractivity contribution in [1.82, 2.24) is 4.98 Å². The van der Waals surface area contributed by atoms with Crippen molar-refractivity contribution in [2.24, 2.45) is 0 Å². The monoisotopic (exact) mass is 270 g/mol. The summed E-state index contributed by atoms with van der Waals surface area (Å²) in [6, 6.07) is 0.420. The molecule has 1 aromatic rings. The molecule has 0 fully saturated rings. The predicted octanol–water partition coefficient (Wildman–Crippen LogP) is 3.12. The number of pyridine rings is 1. The highest BCUT2D eigenvalue weighted by Gasteiger charge is 2.39. The molecule has 0 bridgehead atoms. The Bertz CT molecular complexity index is 421. The van der Waals surface area contributed by atoms with Crippen LogP contribution in [0.25, 0.3) is 0 Å². The number of rotatable bonds is 4. The molecule has 18 heavy (non-hydrogen) atoms. The van der Waals surface area contributed by atoms with Crippen molar-refractivity contribution in [3.05, 3.63) is 17.7 Å². The molecule has 8 heteroatoms. The highest BCUT2D eigenvalue weighted by atomic mass is 19.4. The van der Waals surface area contributed by atoms with Crippen LogP contribution in [0.2, 0.25) is 0 Å². The third-order valence-corrected chi connectivity index (χ3v) is 1.99. The van der Waals surface area contributed by atoms with Gasteiger partial charge in [0, 0.05) is 12.6 Å². The zero-order chi connectivity index (χ0) is 13.9. The summed E-state index contributed by atoms with van der Waals surface area (Å²) in [6.45, 7) is 2.62. The van der Waals surface area contributed by atoms with Crippen LogP contribution in [0.3, 0.4) is 0 Å². The van der Waals surface area contributed by atoms with Gasteiger partial charge < -0.3 is 10.1 Å². The van der Waals surface area contributed by atoms with Crippen molar-refractivity contribution in [1.29, 1.82) is 0 Å². The summed E-state index contributed by atoms with van der Waals surface area (Å²) in [5, 5.41) is 2.44. The van der Waals surface area contributed by atoms with Gasteiger partial charge in [-0.15, -0.1) is 0 Å². The summed E-state index contributed by atoms with van der Waals surface area (Å²) in [7, 11) is 0. The summed E-state index contributed by atoms with van der Waals surface area (Å²) >= 11 is 0. The van der Waals surface area contributed by atoms with Gasteiger partial charge >= 0.3 is 6.18 Å². The second-order valence-electron chi connectivity index (χ2n) is 3.44. The molecule has 0 radical (unpaired) electrons. The van der Waals surface area contributed by atoms with Crippen molar-refractivity contribution in [2.45, 2.75) is 26.1 Å². The van der Waals surface area contributed by atoms with E-state index in [0.29, 0.717) is 13.0 Å². The average molecular weight is 270 g/mol. The van der Waals surface area contributed by atoms with Crippen LogP contribution in [-0.2, 0) is 0 Å². The molecule has 1 heterocycles. The van der Waals surface area contributed by atoms with Crippen LogP contribution < -0.4 is 10.1 Å². The lowest BCUT2D eigenvalue weighted by Gasteiger charge is -2.17. The number of halogens is 5. The molecular weight excluding hydrogens is 259 g/mol. The second-order valence-corrected chi connectivity index (χ2v) is 3.44. The van der Waals surface area contributed by atoms with E-state index >= 15 is 0 Å². The van der Waals surface area contributed by atoms with E-state index in [-0.39, 0.29) is 12.4 Å². The molecule has 102 valence electrons. The number of ether oxygens (including phenoxy) is 1. The lowest BCUT2D eigenvalue weighted by Crippen LogP contribution is -2.31. The minimum atomic E-state index is -4.65. The zero-order valence-corrected chi connectivity index (χ0v) is 9.61. The third kappa shape index (κ3) is 3.44. The highest BCUT2D eigenvalue weighted by molar-refractivity contribution is 5.39. The molecule has 1 atom stereocenters. The van der Waals surface area contributed by atoms with Gasteiger partial charge in [-0.2, -0.15) is 18.2 Å². The van der Waals surface area contributed by atoms with Crippen LogP contribution >= 0.6 is 0 Å². The van der Waals surface area contributed by atoms with Crippen molar-refractivity contribution in [3.63, 3.8) is 0 Å². The van der Waals surface area contributed by atoms with Gasteiger partial charge in [0.05, 0.1) is 0 Å². The average Bonchev–Trinajstić information content (AvgIpc) is 2.23. The maximum atomic E-state index is 13.2. The number of alkyl halides is 3. The first-order valence-electron chi connectivity index (χ1n) is 5.09. The summed E-state index contributed by atoms with van der Waals surface area (Å²) in [5.74, 6) is -3.54. The van der Waals surface area contributed by atoms with Crippen molar-refractivity contribution in [3.8, 4) is 5.88 Å². The molecule has 1 unspecified atom stereocenters. The summed E-state index contributed by atoms with van der Waals surface area (Å²) in [5.41, 5.74) is 0. The van der Waals surface area contributed by atoms with Crippen molar-refractivity contribution < 1.29 is 26.7 Å². The first-order chi connectivity index (χ1) is 8.25. The Labute approximate surface area is 100.0 Å². The number of anilines is 1. The quantitative estimate of drug-likeness (QED) is 0.853. The van der Waals surface area contributed by atoms with Gasteiger partial charge in [0.2, 0.25) is 0 Å². The number of nitrogens with zero attached hydrogens (tertiary/aromatic N) is 1. The van der Waals surface area contributed by atoms with Crippen molar-refractivity contribution in [2.75, 3.05) is 11.9 Å². The molecule has 0 aromatic carbocycles. The molecule has 1 aromatic heterocycles. The smallest absolute Gasteiger partial charge is 0.425 e. The summed E-state index contributed by atoms with van der Waals surface area (Å²) in [6.07, 6.45) is -6.89. The Morgan fingerprint density at radius 2 is 1.94 bits per heavy atom. The van der Waals surface area contributed by atoms with Crippen LogP contribution in [0.5, 0.6) is 5.88 Å². The largest absolute Gasteiger partial charge is 0.463 e. The van der Waals surface area contributed by atoms with Crippen LogP contribution in [-0.4, -0.2) is 23.8 Å². The fraction of sp³-hybridized carbons (Fsp3) is 0.500. The molecule has 1 rings (SSSR count). The summed E-state index contributed by atoms with van der Waals surface area (Å²) < 4.78 is 67.4. The number of aromatic nitrogens is 1. The van der Waals surface area contributed by atoms with E-state index in [9.17, 15) is 22.0 Å². The Hall–Kier alpha value is -1.60. The molecular formula is C10H11F5N2O. The number of nitrogens with one attached hydrogen (secondary N) is 1. The van der Waals surface area contributed by atoms with Gasteiger partial charge in [-0.05, 0) is 13.8 Å². The number of hydrogen-bond donors (Lipinski definition) is 1. The summed E-state index contributed by atoms with van der Waals surface area (Å²) in [4.78, 5) is 3.33. The molecule has 1 N–H and O–H groups in total. The number of hydrogen-bond acceptors (Lipinski definition) is 3. The van der Waals surface area contributed by atoms with Gasteiger partial charge in [0.25, 0.3) is 5.88 Å². The fourth-order valence-corrected chi connectivity index (χ4v) is 1.06. The van der Waals surface area contributed by atoms with Crippen LogP contribution in [0.1, 0.15) is 13.8 Å². The van der Waals surface area contributed by atoms with E-state index in [1.54, 1.807) is 6.92 Å². The van der Waals surface area contributed by atoms with Gasteiger partial charge in [0.15, 0.2) is 23.6 Å². The van der Waals surface area contributed by atoms with Crippen molar-refractivity contribution >= 4 is 5.82 Å². The first kappa shape index (κ1) is 14.5. The molecule has 0 saturated heterocycles. The maximum Gasteiger partial charge on any atom is 0.425 e. The predicted molar refractivity (Wildman–Crippen MR) is 54.5 cm³/mol. The minimum absolute atomic E-state index is 0.282. The molecule has 0 aliphatic carbocycles. The van der Waals surface area contributed by atoms with E-state index in [4.69, 9.17) is 0 Å². The minimum Gasteiger partial charge on any atom is -0.463 e. The Morgan fingerprint density at radius 3 is 2.44 bits per heavy atom. The molecule has 0 aliphatic rings. The third-order valence-electron chi connectivity index (χ3n) is 1.99. The lowest BCUT2D eigenvalue weighted by molar-refractivity contribution is -0.190. The van der Waals surface area contributed by atoms with Crippen LogP contribution in [0.4, 0.5) is 27.8 Å². The zero-order valence-electron chi connectivity index (χ0n) is 9.61. The van der Waals surface area contributed by atoms with Crippen LogP contribution in [0.15, 0.2) is 6.07 Å². The fourth-order valence-electron chi connectivity index (χ4n) is 1.06. The van der Waals surface area contributed by atoms with Gasteiger partial charge in [0.1, 0.15) is 0 Å².